The Morgan fingerprint density at radius 3 is 2.60 bits per heavy atom. The Morgan fingerprint density at radius 2 is 1.92 bits per heavy atom. The van der Waals surface area contributed by atoms with Crippen LogP contribution in [0.25, 0.3) is 0 Å². The second kappa shape index (κ2) is 12.7. The van der Waals surface area contributed by atoms with Gasteiger partial charge in [0.05, 0.1) is 0 Å². The van der Waals surface area contributed by atoms with Gasteiger partial charge < -0.3 is 15.5 Å². The van der Waals surface area contributed by atoms with Gasteiger partial charge in [-0.25, -0.2) is 0 Å². The minimum Gasteiger partial charge on any atom is -0.356 e. The summed E-state index contributed by atoms with van der Waals surface area (Å²) in [6.07, 6.45) is 4.80. The molecule has 0 saturated carbocycles. The van der Waals surface area contributed by atoms with Crippen molar-refractivity contribution >= 4 is 29.9 Å². The first kappa shape index (κ1) is 21.4. The number of aromatic nitrogens is 2. The van der Waals surface area contributed by atoms with Gasteiger partial charge >= 0.3 is 0 Å². The molecule has 1 aromatic carbocycles. The number of likely N-dealkylation sites (N-methyl/N-ethyl adjacent to an activating group) is 1. The predicted octanol–water partition coefficient (Wildman–Crippen LogP) is 2.19. The number of hydrogen-bond donors (Lipinski definition) is 2. The predicted molar refractivity (Wildman–Crippen MR) is 114 cm³/mol. The molecule has 0 aliphatic rings. The van der Waals surface area contributed by atoms with Crippen LogP contribution in [0.3, 0.4) is 0 Å². The second-order valence-electron chi connectivity index (χ2n) is 5.77. The summed E-state index contributed by atoms with van der Waals surface area (Å²) in [6, 6.07) is 12.5. The molecule has 6 nitrogen and oxygen atoms in total. The van der Waals surface area contributed by atoms with Gasteiger partial charge in [0.1, 0.15) is 0 Å². The minimum absolute atomic E-state index is 0. The van der Waals surface area contributed by atoms with Crippen LogP contribution in [-0.4, -0.2) is 54.4 Å². The van der Waals surface area contributed by atoms with Crippen molar-refractivity contribution in [1.82, 2.24) is 25.3 Å². The van der Waals surface area contributed by atoms with Crippen molar-refractivity contribution in [2.75, 3.05) is 33.7 Å². The van der Waals surface area contributed by atoms with E-state index in [2.05, 4.69) is 56.9 Å². The highest BCUT2D eigenvalue weighted by Crippen LogP contribution is 2.01. The Kier molecular flexibility index (Phi) is 10.9. The zero-order valence-electron chi connectivity index (χ0n) is 15.1. The number of aryl methyl sites for hydroxylation is 1. The third-order valence-electron chi connectivity index (χ3n) is 3.72. The molecule has 0 unspecified atom stereocenters. The molecule has 0 aliphatic carbocycles. The largest absolute Gasteiger partial charge is 0.356 e. The molecule has 0 saturated heterocycles. The lowest BCUT2D eigenvalue weighted by Crippen LogP contribution is -2.41. The maximum atomic E-state index is 4.26. The monoisotopic (exact) mass is 456 g/mol. The summed E-state index contributed by atoms with van der Waals surface area (Å²) in [6.45, 7) is 4.57. The number of hydrogen-bond acceptors (Lipinski definition) is 3. The molecule has 1 aromatic heterocycles. The van der Waals surface area contributed by atoms with Gasteiger partial charge in [-0.15, -0.1) is 24.0 Å². The summed E-state index contributed by atoms with van der Waals surface area (Å²) in [5.41, 5.74) is 1.33. The Hall–Kier alpha value is -1.61. The molecule has 0 spiro atoms. The number of benzene rings is 1. The molecule has 0 bridgehead atoms. The Bertz CT molecular complexity index is 585. The van der Waals surface area contributed by atoms with E-state index in [0.29, 0.717) is 0 Å². The van der Waals surface area contributed by atoms with Crippen LogP contribution in [0.2, 0.25) is 0 Å². The number of guanidine groups is 1. The number of nitrogens with zero attached hydrogens (tertiary/aromatic N) is 4. The van der Waals surface area contributed by atoms with Gasteiger partial charge in [-0.05, 0) is 25.1 Å². The first-order valence-electron chi connectivity index (χ1n) is 8.42. The first-order valence-corrected chi connectivity index (χ1v) is 8.42. The third kappa shape index (κ3) is 8.87. The van der Waals surface area contributed by atoms with Crippen LogP contribution in [0.1, 0.15) is 12.0 Å². The van der Waals surface area contributed by atoms with Crippen molar-refractivity contribution in [2.24, 2.45) is 4.99 Å². The molecule has 0 aliphatic heterocycles. The van der Waals surface area contributed by atoms with Crippen molar-refractivity contribution in [2.45, 2.75) is 19.5 Å². The fourth-order valence-electron chi connectivity index (χ4n) is 2.44. The van der Waals surface area contributed by atoms with Gasteiger partial charge in [0.15, 0.2) is 5.96 Å². The van der Waals surface area contributed by atoms with E-state index in [-0.39, 0.29) is 24.0 Å². The summed E-state index contributed by atoms with van der Waals surface area (Å²) in [4.78, 5) is 6.56. The molecule has 138 valence electrons. The summed E-state index contributed by atoms with van der Waals surface area (Å²) in [5.74, 6) is 0.851. The number of aliphatic imine (C=N–C) groups is 1. The number of rotatable bonds is 9. The highest BCUT2D eigenvalue weighted by Gasteiger charge is 2.01. The van der Waals surface area contributed by atoms with Crippen LogP contribution < -0.4 is 10.6 Å². The lowest BCUT2D eigenvalue weighted by molar-refractivity contribution is 0.331. The van der Waals surface area contributed by atoms with Gasteiger partial charge in [0.2, 0.25) is 0 Å². The van der Waals surface area contributed by atoms with Gasteiger partial charge in [0.25, 0.3) is 0 Å². The van der Waals surface area contributed by atoms with Gasteiger partial charge in [-0.3, -0.25) is 9.67 Å². The summed E-state index contributed by atoms with van der Waals surface area (Å²) < 4.78 is 1.94. The summed E-state index contributed by atoms with van der Waals surface area (Å²) in [7, 11) is 3.94. The van der Waals surface area contributed by atoms with Crippen molar-refractivity contribution in [3.8, 4) is 0 Å². The van der Waals surface area contributed by atoms with E-state index in [4.69, 9.17) is 0 Å². The zero-order valence-corrected chi connectivity index (χ0v) is 17.4. The normalized spacial score (nSPS) is 11.2. The van der Waals surface area contributed by atoms with Gasteiger partial charge in [0, 0.05) is 52.2 Å². The van der Waals surface area contributed by atoms with E-state index in [1.54, 1.807) is 13.2 Å². The molecule has 2 N–H and O–H groups in total. The molecule has 7 heteroatoms. The van der Waals surface area contributed by atoms with Crippen molar-refractivity contribution in [3.63, 3.8) is 0 Å². The lowest BCUT2D eigenvalue weighted by atomic mass is 10.2. The molecule has 0 atom stereocenters. The molecule has 0 amide bonds. The zero-order chi connectivity index (χ0) is 17.0. The van der Waals surface area contributed by atoms with Crippen LogP contribution in [0, 0.1) is 0 Å². The van der Waals surface area contributed by atoms with Crippen LogP contribution in [0.5, 0.6) is 0 Å². The molecule has 2 rings (SSSR count). The van der Waals surface area contributed by atoms with E-state index in [1.165, 1.54) is 5.56 Å². The summed E-state index contributed by atoms with van der Waals surface area (Å²) in [5, 5.41) is 10.9. The standard InChI is InChI=1S/C18H28N6.HI/c1-19-18(20-10-6-13-24-14-7-11-22-24)21-12-15-23(2)16-17-8-4-3-5-9-17;/h3-5,7-9,11,14H,6,10,12-13,15-16H2,1-2H3,(H2,19,20,21);1H. The Labute approximate surface area is 167 Å². The van der Waals surface area contributed by atoms with Crippen LogP contribution >= 0.6 is 24.0 Å². The van der Waals surface area contributed by atoms with Gasteiger partial charge in [-0.1, -0.05) is 30.3 Å². The van der Waals surface area contributed by atoms with Crippen LogP contribution in [-0.2, 0) is 13.1 Å². The lowest BCUT2D eigenvalue weighted by Gasteiger charge is -2.18. The van der Waals surface area contributed by atoms with E-state index in [0.717, 1.165) is 45.1 Å². The maximum absolute atomic E-state index is 4.26. The molecular weight excluding hydrogens is 427 g/mol. The molecule has 25 heavy (non-hydrogen) atoms. The Balaban J connectivity index is 0.00000312. The van der Waals surface area contributed by atoms with Crippen molar-refractivity contribution in [1.29, 1.82) is 0 Å². The minimum atomic E-state index is 0. The number of halogens is 1. The molecule has 0 radical (unpaired) electrons. The average Bonchev–Trinajstić information content (AvgIpc) is 3.11. The fraction of sp³-hybridized carbons (Fsp3) is 0.444. The second-order valence-corrected chi connectivity index (χ2v) is 5.77. The first-order chi connectivity index (χ1) is 11.8. The molecule has 1 heterocycles. The smallest absolute Gasteiger partial charge is 0.191 e. The highest BCUT2D eigenvalue weighted by molar-refractivity contribution is 14.0. The molecule has 2 aromatic rings. The van der Waals surface area contributed by atoms with Gasteiger partial charge in [-0.2, -0.15) is 5.10 Å². The topological polar surface area (TPSA) is 57.5 Å². The van der Waals surface area contributed by atoms with E-state index in [9.17, 15) is 0 Å². The van der Waals surface area contributed by atoms with E-state index < -0.39 is 0 Å². The molecule has 0 fully saturated rings. The Morgan fingerprint density at radius 1 is 1.16 bits per heavy atom. The highest BCUT2D eigenvalue weighted by atomic mass is 127. The van der Waals surface area contributed by atoms with Crippen LogP contribution in [0.4, 0.5) is 0 Å². The average molecular weight is 456 g/mol. The fourth-order valence-corrected chi connectivity index (χ4v) is 2.44. The molecular formula is C18H29IN6. The van der Waals surface area contributed by atoms with E-state index in [1.807, 2.05) is 23.0 Å². The third-order valence-corrected chi connectivity index (χ3v) is 3.72. The van der Waals surface area contributed by atoms with E-state index >= 15 is 0 Å². The quantitative estimate of drug-likeness (QED) is 0.263. The van der Waals surface area contributed by atoms with Crippen molar-refractivity contribution < 1.29 is 0 Å². The van der Waals surface area contributed by atoms with Crippen molar-refractivity contribution in [3.05, 3.63) is 54.4 Å². The number of nitrogens with one attached hydrogen (secondary N) is 2. The SMILES string of the molecule is CN=C(NCCCn1cccn1)NCCN(C)Cc1ccccc1.I. The summed E-state index contributed by atoms with van der Waals surface area (Å²) >= 11 is 0. The maximum Gasteiger partial charge on any atom is 0.191 e. The van der Waals surface area contributed by atoms with Crippen LogP contribution in [0.15, 0.2) is 53.8 Å².